The molecular weight excluding hydrogens is 257 g/mol. The summed E-state index contributed by atoms with van der Waals surface area (Å²) in [5, 5.41) is 4.11. The Bertz CT molecular complexity index is 654. The highest BCUT2D eigenvalue weighted by atomic mass is 19.1. The minimum atomic E-state index is -0.456. The van der Waals surface area contributed by atoms with E-state index in [0.29, 0.717) is 23.3 Å². The number of fused-ring (bicyclic) bond motifs is 2. The molecule has 2 saturated carbocycles. The van der Waals surface area contributed by atoms with Crippen LogP contribution in [0.15, 0.2) is 22.7 Å². The average molecular weight is 273 g/mol. The zero-order chi connectivity index (χ0) is 13.7. The normalized spacial score (nSPS) is 28.1. The predicted octanol–water partition coefficient (Wildman–Crippen LogP) is 3.36. The number of nitrogens with zero attached hydrogens (tertiary/aromatic N) is 2. The van der Waals surface area contributed by atoms with Gasteiger partial charge in [0, 0.05) is 11.5 Å². The van der Waals surface area contributed by atoms with Crippen LogP contribution in [0.3, 0.4) is 0 Å². The highest BCUT2D eigenvalue weighted by Gasteiger charge is 2.42. The maximum atomic E-state index is 13.5. The maximum absolute atomic E-state index is 13.5. The van der Waals surface area contributed by atoms with E-state index in [1.54, 1.807) is 6.07 Å². The number of nitrogen functional groups attached to an aromatic ring is 1. The molecule has 4 nitrogen and oxygen atoms in total. The van der Waals surface area contributed by atoms with Crippen molar-refractivity contribution < 1.29 is 8.91 Å². The number of anilines is 1. The van der Waals surface area contributed by atoms with E-state index >= 15 is 0 Å². The van der Waals surface area contributed by atoms with Gasteiger partial charge in [-0.3, -0.25) is 0 Å². The van der Waals surface area contributed by atoms with Gasteiger partial charge in [-0.15, -0.1) is 0 Å². The molecule has 1 aromatic heterocycles. The van der Waals surface area contributed by atoms with E-state index in [9.17, 15) is 4.39 Å². The standard InChI is InChI=1S/C15H16FN3O/c16-12-7-10(3-4-13(12)17)15-18-14(19-20-15)11-6-8-1-2-9(11)5-8/h3-4,7-9,11H,1-2,5-6,17H2. The summed E-state index contributed by atoms with van der Waals surface area (Å²) in [6.45, 7) is 0. The summed E-state index contributed by atoms with van der Waals surface area (Å²) in [6, 6.07) is 4.57. The number of hydrogen-bond donors (Lipinski definition) is 1. The van der Waals surface area contributed by atoms with Gasteiger partial charge >= 0.3 is 0 Å². The molecule has 0 saturated heterocycles. The van der Waals surface area contributed by atoms with Crippen molar-refractivity contribution in [3.05, 3.63) is 29.8 Å². The number of nitrogens with two attached hydrogens (primary N) is 1. The summed E-state index contributed by atoms with van der Waals surface area (Å²) in [4.78, 5) is 4.47. The molecule has 2 aliphatic carbocycles. The molecule has 0 radical (unpaired) electrons. The fraction of sp³-hybridized carbons (Fsp3) is 0.467. The monoisotopic (exact) mass is 273 g/mol. The van der Waals surface area contributed by atoms with Crippen LogP contribution in [0.5, 0.6) is 0 Å². The third-order valence-corrected chi connectivity index (χ3v) is 4.76. The van der Waals surface area contributed by atoms with Crippen molar-refractivity contribution in [2.45, 2.75) is 31.6 Å². The number of rotatable bonds is 2. The zero-order valence-electron chi connectivity index (χ0n) is 11.1. The van der Waals surface area contributed by atoms with E-state index in [0.717, 1.165) is 11.7 Å². The average Bonchev–Trinajstić information content (AvgIpc) is 3.16. The zero-order valence-corrected chi connectivity index (χ0v) is 11.1. The number of halogens is 1. The largest absolute Gasteiger partial charge is 0.396 e. The third kappa shape index (κ3) is 1.80. The van der Waals surface area contributed by atoms with Crippen LogP contribution in [0.1, 0.15) is 37.4 Å². The van der Waals surface area contributed by atoms with Crippen molar-refractivity contribution in [2.75, 3.05) is 5.73 Å². The Morgan fingerprint density at radius 1 is 1.25 bits per heavy atom. The lowest BCUT2D eigenvalue weighted by molar-refractivity contribution is 0.372. The SMILES string of the molecule is Nc1ccc(-c2nc(C3CC4CCC3C4)no2)cc1F. The highest BCUT2D eigenvalue weighted by Crippen LogP contribution is 2.52. The van der Waals surface area contributed by atoms with Crippen molar-refractivity contribution in [3.8, 4) is 11.5 Å². The van der Waals surface area contributed by atoms with Crippen LogP contribution in [0, 0.1) is 17.7 Å². The van der Waals surface area contributed by atoms with E-state index in [1.165, 1.54) is 37.8 Å². The fourth-order valence-corrected chi connectivity index (χ4v) is 3.72. The van der Waals surface area contributed by atoms with E-state index in [4.69, 9.17) is 10.3 Å². The van der Waals surface area contributed by atoms with Crippen molar-refractivity contribution in [3.63, 3.8) is 0 Å². The fourth-order valence-electron chi connectivity index (χ4n) is 3.72. The van der Waals surface area contributed by atoms with E-state index < -0.39 is 5.82 Å². The lowest BCUT2D eigenvalue weighted by atomic mass is 9.88. The summed E-state index contributed by atoms with van der Waals surface area (Å²) in [5.41, 5.74) is 6.18. The molecule has 4 rings (SSSR count). The Hall–Kier alpha value is -1.91. The molecule has 2 fully saturated rings. The molecule has 2 bridgehead atoms. The van der Waals surface area contributed by atoms with Gasteiger partial charge < -0.3 is 10.3 Å². The van der Waals surface area contributed by atoms with Gasteiger partial charge in [-0.25, -0.2) is 4.39 Å². The summed E-state index contributed by atoms with van der Waals surface area (Å²) < 4.78 is 18.8. The Kier molecular flexibility index (Phi) is 2.55. The molecule has 0 amide bonds. The van der Waals surface area contributed by atoms with Crippen LogP contribution in [-0.4, -0.2) is 10.1 Å². The molecule has 0 aliphatic heterocycles. The molecule has 1 heterocycles. The molecule has 1 aromatic carbocycles. The van der Waals surface area contributed by atoms with Crippen LogP contribution in [0.4, 0.5) is 10.1 Å². The summed E-state index contributed by atoms with van der Waals surface area (Å²) in [7, 11) is 0. The first-order valence-corrected chi connectivity index (χ1v) is 7.09. The first-order valence-electron chi connectivity index (χ1n) is 7.09. The lowest BCUT2D eigenvalue weighted by Crippen LogP contribution is -2.09. The summed E-state index contributed by atoms with van der Waals surface area (Å²) in [6.07, 6.45) is 5.08. The molecule has 0 spiro atoms. The van der Waals surface area contributed by atoms with E-state index in [1.807, 2.05) is 0 Å². The second-order valence-corrected chi connectivity index (χ2v) is 5.98. The van der Waals surface area contributed by atoms with Gasteiger partial charge in [-0.1, -0.05) is 11.6 Å². The van der Waals surface area contributed by atoms with Crippen LogP contribution in [0.25, 0.3) is 11.5 Å². The summed E-state index contributed by atoms with van der Waals surface area (Å²) >= 11 is 0. The Balaban J connectivity index is 1.63. The molecular formula is C15H16FN3O. The van der Waals surface area contributed by atoms with Gasteiger partial charge in [0.1, 0.15) is 5.82 Å². The minimum absolute atomic E-state index is 0.126. The summed E-state index contributed by atoms with van der Waals surface area (Å²) in [5.74, 6) is 2.66. The van der Waals surface area contributed by atoms with Gasteiger partial charge in [-0.2, -0.15) is 4.98 Å². The molecule has 2 N–H and O–H groups in total. The quantitative estimate of drug-likeness (QED) is 0.852. The van der Waals surface area contributed by atoms with Gasteiger partial charge in [0.15, 0.2) is 5.82 Å². The second-order valence-electron chi connectivity index (χ2n) is 5.98. The third-order valence-electron chi connectivity index (χ3n) is 4.76. The Labute approximate surface area is 116 Å². The molecule has 3 unspecified atom stereocenters. The first-order chi connectivity index (χ1) is 9.70. The molecule has 2 aromatic rings. The maximum Gasteiger partial charge on any atom is 0.258 e. The van der Waals surface area contributed by atoms with E-state index in [-0.39, 0.29) is 5.69 Å². The number of hydrogen-bond acceptors (Lipinski definition) is 4. The van der Waals surface area contributed by atoms with Crippen molar-refractivity contribution in [1.29, 1.82) is 0 Å². The number of aromatic nitrogens is 2. The lowest BCUT2D eigenvalue weighted by Gasteiger charge is -2.17. The van der Waals surface area contributed by atoms with Crippen molar-refractivity contribution >= 4 is 5.69 Å². The smallest absolute Gasteiger partial charge is 0.258 e. The second kappa shape index (κ2) is 4.30. The van der Waals surface area contributed by atoms with Crippen LogP contribution >= 0.6 is 0 Å². The van der Waals surface area contributed by atoms with Gasteiger partial charge in [0.05, 0.1) is 5.69 Å². The molecule has 3 atom stereocenters. The molecule has 2 aliphatic rings. The molecule has 104 valence electrons. The van der Waals surface area contributed by atoms with Gasteiger partial charge in [0.25, 0.3) is 5.89 Å². The topological polar surface area (TPSA) is 64.9 Å². The first kappa shape index (κ1) is 11.9. The number of benzene rings is 1. The Morgan fingerprint density at radius 3 is 2.85 bits per heavy atom. The van der Waals surface area contributed by atoms with Crippen molar-refractivity contribution in [2.24, 2.45) is 11.8 Å². The van der Waals surface area contributed by atoms with Crippen LogP contribution in [0.2, 0.25) is 0 Å². The minimum Gasteiger partial charge on any atom is -0.396 e. The molecule has 5 heteroatoms. The predicted molar refractivity (Wildman–Crippen MR) is 72.3 cm³/mol. The van der Waals surface area contributed by atoms with E-state index in [2.05, 4.69) is 10.1 Å². The Morgan fingerprint density at radius 2 is 2.15 bits per heavy atom. The van der Waals surface area contributed by atoms with Gasteiger partial charge in [0.2, 0.25) is 0 Å². The van der Waals surface area contributed by atoms with Crippen LogP contribution in [-0.2, 0) is 0 Å². The highest BCUT2D eigenvalue weighted by molar-refractivity contribution is 5.57. The van der Waals surface area contributed by atoms with Crippen LogP contribution < -0.4 is 5.73 Å². The van der Waals surface area contributed by atoms with Crippen molar-refractivity contribution in [1.82, 2.24) is 10.1 Å². The van der Waals surface area contributed by atoms with Gasteiger partial charge in [-0.05, 0) is 49.3 Å². The molecule has 20 heavy (non-hydrogen) atoms.